The van der Waals surface area contributed by atoms with Gasteiger partial charge >= 0.3 is 6.18 Å². The summed E-state index contributed by atoms with van der Waals surface area (Å²) in [5.74, 6) is 0. The van der Waals surface area contributed by atoms with E-state index in [9.17, 15) is 13.2 Å². The summed E-state index contributed by atoms with van der Waals surface area (Å²) in [6.45, 7) is 4.26. The molecule has 0 radical (unpaired) electrons. The largest absolute Gasteiger partial charge is 0.416 e. The number of rotatable bonds is 2. The summed E-state index contributed by atoms with van der Waals surface area (Å²) in [5, 5.41) is 4.08. The monoisotopic (exact) mass is 288 g/mol. The first kappa shape index (κ1) is 14.2. The lowest BCUT2D eigenvalue weighted by molar-refractivity contribution is -0.138. The summed E-state index contributed by atoms with van der Waals surface area (Å²) in [6, 6.07) is 4.26. The van der Waals surface area contributed by atoms with Crippen molar-refractivity contribution in [2.75, 3.05) is 11.9 Å². The van der Waals surface area contributed by atoms with Crippen molar-refractivity contribution in [1.29, 1.82) is 0 Å². The molecular weight excluding hydrogens is 273 g/mol. The number of alkyl halides is 3. The van der Waals surface area contributed by atoms with Gasteiger partial charge in [-0.15, -0.1) is 0 Å². The van der Waals surface area contributed by atoms with Gasteiger partial charge in [-0.2, -0.15) is 13.2 Å². The molecule has 104 valence electrons. The summed E-state index contributed by atoms with van der Waals surface area (Å²) < 4.78 is 38.4. The normalized spacial score (nSPS) is 19.4. The Labute approximate surface area is 114 Å². The topological polar surface area (TPSA) is 24.4 Å². The molecular formula is C13H15F3N2S. The fourth-order valence-electron chi connectivity index (χ4n) is 1.83. The molecule has 0 bridgehead atoms. The van der Waals surface area contributed by atoms with Gasteiger partial charge in [-0.1, -0.05) is 24.8 Å². The summed E-state index contributed by atoms with van der Waals surface area (Å²) in [5.41, 5.74) is 0.0552. The van der Waals surface area contributed by atoms with Crippen LogP contribution in [0.3, 0.4) is 0 Å². The lowest BCUT2D eigenvalue weighted by Gasteiger charge is -2.13. The van der Waals surface area contributed by atoms with Crippen molar-refractivity contribution in [3.05, 3.63) is 29.3 Å². The average Bonchev–Trinajstić information content (AvgIpc) is 2.78. The third-order valence-electron chi connectivity index (χ3n) is 2.97. The van der Waals surface area contributed by atoms with Gasteiger partial charge in [0, 0.05) is 10.9 Å². The molecule has 2 nitrogen and oxygen atoms in total. The first-order chi connectivity index (χ1) is 8.90. The quantitative estimate of drug-likeness (QED) is 0.877. The van der Waals surface area contributed by atoms with Gasteiger partial charge in [0.15, 0.2) is 5.17 Å². The number of halogens is 3. The maximum atomic E-state index is 12.8. The van der Waals surface area contributed by atoms with Gasteiger partial charge in [-0.05, 0) is 31.0 Å². The summed E-state index contributed by atoms with van der Waals surface area (Å²) in [4.78, 5) is 4.28. The molecule has 1 heterocycles. The molecule has 19 heavy (non-hydrogen) atoms. The highest BCUT2D eigenvalue weighted by Gasteiger charge is 2.32. The number of nitrogens with zero attached hydrogens (tertiary/aromatic N) is 1. The molecule has 1 unspecified atom stereocenters. The van der Waals surface area contributed by atoms with Gasteiger partial charge in [0.1, 0.15) is 0 Å². The zero-order valence-corrected chi connectivity index (χ0v) is 11.5. The summed E-state index contributed by atoms with van der Waals surface area (Å²) >= 11 is 1.58. The van der Waals surface area contributed by atoms with E-state index in [0.717, 1.165) is 19.0 Å². The molecule has 1 aliphatic heterocycles. The van der Waals surface area contributed by atoms with E-state index in [1.54, 1.807) is 17.8 Å². The van der Waals surface area contributed by atoms with Crippen molar-refractivity contribution in [1.82, 2.24) is 0 Å². The van der Waals surface area contributed by atoms with Crippen molar-refractivity contribution in [3.63, 3.8) is 0 Å². The zero-order valence-electron chi connectivity index (χ0n) is 10.7. The van der Waals surface area contributed by atoms with Gasteiger partial charge in [-0.3, -0.25) is 4.99 Å². The number of hydrogen-bond donors (Lipinski definition) is 1. The van der Waals surface area contributed by atoms with Crippen molar-refractivity contribution >= 4 is 22.6 Å². The molecule has 6 heteroatoms. The number of hydrogen-bond acceptors (Lipinski definition) is 3. The van der Waals surface area contributed by atoms with Crippen LogP contribution in [0.4, 0.5) is 18.9 Å². The number of benzene rings is 1. The maximum absolute atomic E-state index is 12.8. The molecule has 0 aliphatic carbocycles. The Morgan fingerprint density at radius 2 is 2.16 bits per heavy atom. The minimum absolute atomic E-state index is 0.227. The third-order valence-corrected chi connectivity index (χ3v) is 4.24. The number of nitrogens with one attached hydrogen (secondary N) is 1. The second-order valence-corrected chi connectivity index (χ2v) is 5.74. The van der Waals surface area contributed by atoms with Crippen LogP contribution in [0.5, 0.6) is 0 Å². The number of amidine groups is 1. The average molecular weight is 288 g/mol. The Kier molecular flexibility index (Phi) is 4.08. The van der Waals surface area contributed by atoms with E-state index < -0.39 is 11.7 Å². The third kappa shape index (κ3) is 3.43. The van der Waals surface area contributed by atoms with Crippen molar-refractivity contribution < 1.29 is 13.2 Å². The predicted molar refractivity (Wildman–Crippen MR) is 73.8 cm³/mol. The number of anilines is 1. The predicted octanol–water partition coefficient (Wildman–Crippen LogP) is 4.31. The Morgan fingerprint density at radius 1 is 1.42 bits per heavy atom. The van der Waals surface area contributed by atoms with E-state index >= 15 is 0 Å². The molecule has 1 N–H and O–H groups in total. The highest BCUT2D eigenvalue weighted by atomic mass is 32.2. The number of thioether (sulfide) groups is 1. The van der Waals surface area contributed by atoms with E-state index in [4.69, 9.17) is 0 Å². The lowest BCUT2D eigenvalue weighted by Crippen LogP contribution is -2.11. The van der Waals surface area contributed by atoms with Crippen LogP contribution >= 0.6 is 11.8 Å². The minimum Gasteiger partial charge on any atom is -0.335 e. The van der Waals surface area contributed by atoms with E-state index in [0.29, 0.717) is 16.1 Å². The molecule has 2 rings (SSSR count). The second kappa shape index (κ2) is 5.45. The zero-order chi connectivity index (χ0) is 14.0. The molecule has 0 saturated heterocycles. The first-order valence-corrected chi connectivity index (χ1v) is 6.94. The van der Waals surface area contributed by atoms with Crippen LogP contribution in [0.25, 0.3) is 0 Å². The fraction of sp³-hybridized carbons (Fsp3) is 0.462. The Balaban J connectivity index is 2.14. The highest BCUT2D eigenvalue weighted by Crippen LogP contribution is 2.34. The van der Waals surface area contributed by atoms with E-state index in [-0.39, 0.29) is 5.56 Å². The van der Waals surface area contributed by atoms with Crippen LogP contribution in [-0.4, -0.2) is 17.0 Å². The van der Waals surface area contributed by atoms with Crippen LogP contribution in [0.1, 0.15) is 24.5 Å². The molecule has 0 fully saturated rings. The fourth-order valence-corrected chi connectivity index (χ4v) is 2.78. The molecule has 0 saturated carbocycles. The van der Waals surface area contributed by atoms with Crippen LogP contribution in [0.2, 0.25) is 0 Å². The van der Waals surface area contributed by atoms with Crippen LogP contribution in [0.15, 0.2) is 23.2 Å². The Morgan fingerprint density at radius 3 is 2.74 bits per heavy atom. The van der Waals surface area contributed by atoms with E-state index in [1.807, 2.05) is 0 Å². The van der Waals surface area contributed by atoms with E-state index in [1.165, 1.54) is 13.0 Å². The standard InChI is InChI=1S/C13H15F3N2S/c1-3-10-7-17-12(19-10)18-9-5-4-8(2)11(6-9)13(14,15)16/h4-6,10H,3,7H2,1-2H3,(H,17,18). The van der Waals surface area contributed by atoms with Crippen LogP contribution in [-0.2, 0) is 6.18 Å². The van der Waals surface area contributed by atoms with E-state index in [2.05, 4.69) is 17.2 Å². The van der Waals surface area contributed by atoms with Gasteiger partial charge in [0.25, 0.3) is 0 Å². The summed E-state index contributed by atoms with van der Waals surface area (Å²) in [7, 11) is 0. The molecule has 1 atom stereocenters. The number of aliphatic imine (C=N–C) groups is 1. The highest BCUT2D eigenvalue weighted by molar-refractivity contribution is 8.15. The van der Waals surface area contributed by atoms with Gasteiger partial charge in [0.2, 0.25) is 0 Å². The Bertz CT molecular complexity index is 497. The molecule has 0 spiro atoms. The van der Waals surface area contributed by atoms with Crippen molar-refractivity contribution in [2.24, 2.45) is 4.99 Å². The SMILES string of the molecule is CCC1CN=C(Nc2ccc(C)c(C(F)(F)F)c2)S1. The second-order valence-electron chi connectivity index (χ2n) is 4.45. The number of aryl methyl sites for hydroxylation is 1. The van der Waals surface area contributed by atoms with Gasteiger partial charge in [0.05, 0.1) is 12.1 Å². The van der Waals surface area contributed by atoms with Crippen LogP contribution < -0.4 is 5.32 Å². The lowest BCUT2D eigenvalue weighted by atomic mass is 10.1. The molecule has 1 aromatic rings. The molecule has 1 aromatic carbocycles. The Hall–Kier alpha value is -1.17. The summed E-state index contributed by atoms with van der Waals surface area (Å²) in [6.07, 6.45) is -3.32. The first-order valence-electron chi connectivity index (χ1n) is 6.06. The minimum atomic E-state index is -4.32. The molecule has 1 aliphatic rings. The molecule has 0 aromatic heterocycles. The van der Waals surface area contributed by atoms with Gasteiger partial charge < -0.3 is 5.32 Å². The van der Waals surface area contributed by atoms with Gasteiger partial charge in [-0.25, -0.2) is 0 Å². The maximum Gasteiger partial charge on any atom is 0.416 e. The van der Waals surface area contributed by atoms with Crippen molar-refractivity contribution in [3.8, 4) is 0 Å². The smallest absolute Gasteiger partial charge is 0.335 e. The van der Waals surface area contributed by atoms with Crippen molar-refractivity contribution in [2.45, 2.75) is 31.7 Å². The molecule has 0 amide bonds. The van der Waals surface area contributed by atoms with Crippen LogP contribution in [0, 0.1) is 6.92 Å².